The van der Waals surface area contributed by atoms with Crippen LogP contribution in [0.15, 0.2) is 24.3 Å². The molecule has 18 heavy (non-hydrogen) atoms. The minimum absolute atomic E-state index is 0.615. The summed E-state index contributed by atoms with van der Waals surface area (Å²) in [4.78, 5) is 2.41. The van der Waals surface area contributed by atoms with Gasteiger partial charge >= 0.3 is 0 Å². The SMILES string of the molecule is CCCNC(C)CCN(C)Cc1ccccc1C. The van der Waals surface area contributed by atoms with E-state index in [0.717, 1.165) is 19.6 Å². The van der Waals surface area contributed by atoms with E-state index < -0.39 is 0 Å². The van der Waals surface area contributed by atoms with Crippen molar-refractivity contribution in [1.82, 2.24) is 10.2 Å². The second-order valence-electron chi connectivity index (χ2n) is 5.31. The molecule has 2 nitrogen and oxygen atoms in total. The van der Waals surface area contributed by atoms with Gasteiger partial charge in [-0.3, -0.25) is 0 Å². The molecule has 0 radical (unpaired) electrons. The summed E-state index contributed by atoms with van der Waals surface area (Å²) in [6.45, 7) is 10.00. The topological polar surface area (TPSA) is 15.3 Å². The van der Waals surface area contributed by atoms with Crippen LogP contribution in [0.25, 0.3) is 0 Å². The molecule has 1 aromatic rings. The van der Waals surface area contributed by atoms with Gasteiger partial charge in [-0.2, -0.15) is 0 Å². The van der Waals surface area contributed by atoms with Gasteiger partial charge in [-0.05, 0) is 58.0 Å². The van der Waals surface area contributed by atoms with Crippen LogP contribution in [0.1, 0.15) is 37.8 Å². The van der Waals surface area contributed by atoms with Gasteiger partial charge in [0.15, 0.2) is 0 Å². The molecule has 2 heteroatoms. The van der Waals surface area contributed by atoms with Gasteiger partial charge in [0.2, 0.25) is 0 Å². The van der Waals surface area contributed by atoms with Crippen LogP contribution in [-0.2, 0) is 6.54 Å². The summed E-state index contributed by atoms with van der Waals surface area (Å²) >= 11 is 0. The molecule has 0 aromatic heterocycles. The van der Waals surface area contributed by atoms with Gasteiger partial charge < -0.3 is 10.2 Å². The number of hydrogen-bond acceptors (Lipinski definition) is 2. The first-order valence-corrected chi connectivity index (χ1v) is 7.10. The first-order valence-electron chi connectivity index (χ1n) is 7.10. The molecule has 0 aliphatic rings. The van der Waals surface area contributed by atoms with Gasteiger partial charge in [0.1, 0.15) is 0 Å². The fourth-order valence-corrected chi connectivity index (χ4v) is 2.06. The molecule has 1 unspecified atom stereocenters. The highest BCUT2D eigenvalue weighted by molar-refractivity contribution is 5.25. The van der Waals surface area contributed by atoms with Crippen molar-refractivity contribution in [2.24, 2.45) is 0 Å². The number of rotatable bonds is 8. The molecule has 0 bridgehead atoms. The van der Waals surface area contributed by atoms with E-state index in [0.29, 0.717) is 6.04 Å². The summed E-state index contributed by atoms with van der Waals surface area (Å²) in [6, 6.07) is 9.26. The second-order valence-corrected chi connectivity index (χ2v) is 5.31. The van der Waals surface area contributed by atoms with Crippen molar-refractivity contribution in [3.8, 4) is 0 Å². The molecule has 0 heterocycles. The van der Waals surface area contributed by atoms with Gasteiger partial charge in [-0.15, -0.1) is 0 Å². The average molecular weight is 248 g/mol. The van der Waals surface area contributed by atoms with E-state index in [2.05, 4.69) is 62.3 Å². The van der Waals surface area contributed by atoms with Crippen LogP contribution in [0.2, 0.25) is 0 Å². The molecule has 1 atom stereocenters. The summed E-state index contributed by atoms with van der Waals surface area (Å²) in [5.74, 6) is 0. The Morgan fingerprint density at radius 2 is 2.00 bits per heavy atom. The molecule has 102 valence electrons. The lowest BCUT2D eigenvalue weighted by Gasteiger charge is -2.21. The van der Waals surface area contributed by atoms with Crippen LogP contribution < -0.4 is 5.32 Å². The van der Waals surface area contributed by atoms with E-state index in [1.54, 1.807) is 0 Å². The third-order valence-electron chi connectivity index (χ3n) is 3.39. The van der Waals surface area contributed by atoms with Crippen molar-refractivity contribution in [2.45, 2.75) is 46.2 Å². The summed E-state index contributed by atoms with van der Waals surface area (Å²) in [6.07, 6.45) is 2.42. The number of hydrogen-bond donors (Lipinski definition) is 1. The van der Waals surface area contributed by atoms with E-state index >= 15 is 0 Å². The Labute approximate surface area is 112 Å². The largest absolute Gasteiger partial charge is 0.314 e. The zero-order valence-electron chi connectivity index (χ0n) is 12.4. The molecule has 0 saturated heterocycles. The third-order valence-corrected chi connectivity index (χ3v) is 3.39. The molecular weight excluding hydrogens is 220 g/mol. The predicted octanol–water partition coefficient (Wildman–Crippen LogP) is 3.21. The number of nitrogens with one attached hydrogen (secondary N) is 1. The molecule has 1 aromatic carbocycles. The highest BCUT2D eigenvalue weighted by atomic mass is 15.1. The van der Waals surface area contributed by atoms with Gasteiger partial charge in [-0.25, -0.2) is 0 Å². The van der Waals surface area contributed by atoms with Crippen molar-refractivity contribution in [3.05, 3.63) is 35.4 Å². The van der Waals surface area contributed by atoms with E-state index in [9.17, 15) is 0 Å². The van der Waals surface area contributed by atoms with Crippen molar-refractivity contribution in [3.63, 3.8) is 0 Å². The van der Waals surface area contributed by atoms with Crippen molar-refractivity contribution >= 4 is 0 Å². The number of benzene rings is 1. The lowest BCUT2D eigenvalue weighted by molar-refractivity contribution is 0.303. The fraction of sp³-hybridized carbons (Fsp3) is 0.625. The van der Waals surface area contributed by atoms with Gasteiger partial charge in [0.25, 0.3) is 0 Å². The minimum Gasteiger partial charge on any atom is -0.314 e. The quantitative estimate of drug-likeness (QED) is 0.760. The van der Waals surface area contributed by atoms with E-state index in [1.807, 2.05) is 0 Å². The molecule has 0 aliphatic heterocycles. The lowest BCUT2D eigenvalue weighted by atomic mass is 10.1. The monoisotopic (exact) mass is 248 g/mol. The smallest absolute Gasteiger partial charge is 0.0233 e. The van der Waals surface area contributed by atoms with Crippen molar-refractivity contribution < 1.29 is 0 Å². The Balaban J connectivity index is 2.29. The van der Waals surface area contributed by atoms with Gasteiger partial charge in [0.05, 0.1) is 0 Å². The first kappa shape index (κ1) is 15.2. The summed E-state index contributed by atoms with van der Waals surface area (Å²) in [5, 5.41) is 3.54. The fourth-order valence-electron chi connectivity index (χ4n) is 2.06. The number of nitrogens with zero attached hydrogens (tertiary/aromatic N) is 1. The van der Waals surface area contributed by atoms with Crippen LogP contribution in [-0.4, -0.2) is 31.1 Å². The minimum atomic E-state index is 0.615. The highest BCUT2D eigenvalue weighted by Gasteiger charge is 2.05. The maximum Gasteiger partial charge on any atom is 0.0233 e. The third kappa shape index (κ3) is 5.65. The molecule has 0 aliphatic carbocycles. The van der Waals surface area contributed by atoms with Gasteiger partial charge in [-0.1, -0.05) is 31.2 Å². The summed E-state index contributed by atoms with van der Waals surface area (Å²) in [5.41, 5.74) is 2.83. The van der Waals surface area contributed by atoms with E-state index in [4.69, 9.17) is 0 Å². The summed E-state index contributed by atoms with van der Waals surface area (Å²) in [7, 11) is 2.21. The van der Waals surface area contributed by atoms with Crippen molar-refractivity contribution in [2.75, 3.05) is 20.1 Å². The normalized spacial score (nSPS) is 12.9. The van der Waals surface area contributed by atoms with E-state index in [-0.39, 0.29) is 0 Å². The molecule has 1 rings (SSSR count). The zero-order chi connectivity index (χ0) is 13.4. The second kappa shape index (κ2) is 8.28. The molecule has 0 spiro atoms. The Morgan fingerprint density at radius 3 is 2.67 bits per heavy atom. The lowest BCUT2D eigenvalue weighted by Crippen LogP contribution is -2.31. The van der Waals surface area contributed by atoms with Crippen LogP contribution in [0.4, 0.5) is 0 Å². The summed E-state index contributed by atoms with van der Waals surface area (Å²) < 4.78 is 0. The highest BCUT2D eigenvalue weighted by Crippen LogP contribution is 2.09. The van der Waals surface area contributed by atoms with E-state index in [1.165, 1.54) is 24.0 Å². The van der Waals surface area contributed by atoms with Crippen LogP contribution in [0.3, 0.4) is 0 Å². The zero-order valence-corrected chi connectivity index (χ0v) is 12.4. The Hall–Kier alpha value is -0.860. The predicted molar refractivity (Wildman–Crippen MR) is 79.9 cm³/mol. The van der Waals surface area contributed by atoms with Gasteiger partial charge in [0, 0.05) is 12.6 Å². The van der Waals surface area contributed by atoms with Crippen molar-refractivity contribution in [1.29, 1.82) is 0 Å². The molecule has 1 N–H and O–H groups in total. The Bertz CT molecular complexity index is 336. The van der Waals surface area contributed by atoms with Crippen LogP contribution in [0, 0.1) is 6.92 Å². The number of aryl methyl sites for hydroxylation is 1. The maximum atomic E-state index is 3.54. The molecule has 0 amide bonds. The van der Waals surface area contributed by atoms with Crippen LogP contribution in [0.5, 0.6) is 0 Å². The standard InChI is InChI=1S/C16H28N2/c1-5-11-17-15(3)10-12-18(4)13-16-9-7-6-8-14(16)2/h6-9,15,17H,5,10-13H2,1-4H3. The Kier molecular flexibility index (Phi) is 6.99. The first-order chi connectivity index (χ1) is 8.63. The molecular formula is C16H28N2. The average Bonchev–Trinajstić information content (AvgIpc) is 2.36. The molecule has 0 fully saturated rings. The van der Waals surface area contributed by atoms with Crippen LogP contribution >= 0.6 is 0 Å². The Morgan fingerprint density at radius 1 is 1.28 bits per heavy atom. The maximum absolute atomic E-state index is 3.54. The molecule has 0 saturated carbocycles.